The van der Waals surface area contributed by atoms with Crippen molar-refractivity contribution < 1.29 is 24.2 Å². The fourth-order valence-corrected chi connectivity index (χ4v) is 4.87. The SMILES string of the molecule is CCCC(C(=O)OCC)C1(C(=O)O)CC2CCCCC2N1C(=O)C(C)N. The van der Waals surface area contributed by atoms with Gasteiger partial charge in [-0.05, 0) is 45.4 Å². The molecule has 3 N–H and O–H groups in total. The maximum Gasteiger partial charge on any atom is 0.330 e. The van der Waals surface area contributed by atoms with Crippen LogP contribution in [0.5, 0.6) is 0 Å². The Balaban J connectivity index is 2.57. The Labute approximate surface area is 155 Å². The van der Waals surface area contributed by atoms with E-state index in [9.17, 15) is 19.5 Å². The predicted molar refractivity (Wildman–Crippen MR) is 96.3 cm³/mol. The van der Waals surface area contributed by atoms with Crippen molar-refractivity contribution in [2.45, 2.75) is 83.3 Å². The molecule has 5 atom stereocenters. The molecule has 2 fully saturated rings. The van der Waals surface area contributed by atoms with Gasteiger partial charge in [0.2, 0.25) is 5.91 Å². The Hall–Kier alpha value is -1.63. The number of carboxylic acid groups (broad SMARTS) is 1. The molecule has 0 spiro atoms. The number of fused-ring (bicyclic) bond motifs is 1. The zero-order valence-electron chi connectivity index (χ0n) is 16.1. The number of carbonyl (C=O) groups excluding carboxylic acids is 2. The van der Waals surface area contributed by atoms with Crippen molar-refractivity contribution >= 4 is 17.8 Å². The smallest absolute Gasteiger partial charge is 0.330 e. The number of carboxylic acids is 1. The fraction of sp³-hybridized carbons (Fsp3) is 0.842. The molecular formula is C19H32N2O5. The van der Waals surface area contributed by atoms with E-state index in [0.29, 0.717) is 19.3 Å². The minimum Gasteiger partial charge on any atom is -0.479 e. The zero-order valence-corrected chi connectivity index (χ0v) is 16.1. The molecule has 5 unspecified atom stereocenters. The van der Waals surface area contributed by atoms with Crippen molar-refractivity contribution in [3.63, 3.8) is 0 Å². The highest BCUT2D eigenvalue weighted by atomic mass is 16.5. The molecule has 26 heavy (non-hydrogen) atoms. The van der Waals surface area contributed by atoms with Crippen LogP contribution in [0.1, 0.15) is 65.7 Å². The van der Waals surface area contributed by atoms with Crippen LogP contribution in [-0.2, 0) is 19.1 Å². The lowest BCUT2D eigenvalue weighted by atomic mass is 9.75. The minimum absolute atomic E-state index is 0.0938. The molecule has 1 aliphatic carbocycles. The first kappa shape index (κ1) is 20.7. The maximum absolute atomic E-state index is 13.0. The highest BCUT2D eigenvalue weighted by Crippen LogP contribution is 2.50. The summed E-state index contributed by atoms with van der Waals surface area (Å²) in [6.45, 7) is 5.36. The summed E-state index contributed by atoms with van der Waals surface area (Å²) < 4.78 is 5.21. The van der Waals surface area contributed by atoms with Crippen LogP contribution in [0, 0.1) is 11.8 Å². The molecular weight excluding hydrogens is 336 g/mol. The number of likely N-dealkylation sites (tertiary alicyclic amines) is 1. The number of hydrogen-bond acceptors (Lipinski definition) is 5. The number of ether oxygens (including phenoxy) is 1. The number of rotatable bonds is 7. The molecule has 1 saturated carbocycles. The first-order valence-corrected chi connectivity index (χ1v) is 9.79. The van der Waals surface area contributed by atoms with E-state index in [0.717, 1.165) is 25.7 Å². The van der Waals surface area contributed by atoms with Crippen LogP contribution in [0.3, 0.4) is 0 Å². The summed E-state index contributed by atoms with van der Waals surface area (Å²) in [7, 11) is 0. The molecule has 0 aromatic rings. The van der Waals surface area contributed by atoms with Gasteiger partial charge in [0.1, 0.15) is 0 Å². The number of esters is 1. The van der Waals surface area contributed by atoms with E-state index in [1.165, 1.54) is 4.90 Å². The van der Waals surface area contributed by atoms with Crippen LogP contribution in [0.25, 0.3) is 0 Å². The third-order valence-corrected chi connectivity index (χ3v) is 5.93. The Kier molecular flexibility index (Phi) is 6.66. The summed E-state index contributed by atoms with van der Waals surface area (Å²) in [5.41, 5.74) is 4.30. The summed E-state index contributed by atoms with van der Waals surface area (Å²) in [5, 5.41) is 10.3. The van der Waals surface area contributed by atoms with Gasteiger partial charge in [0, 0.05) is 6.04 Å². The van der Waals surface area contributed by atoms with Gasteiger partial charge < -0.3 is 20.5 Å². The highest BCUT2D eigenvalue weighted by Gasteiger charge is 2.64. The lowest BCUT2D eigenvalue weighted by molar-refractivity contribution is -0.172. The lowest BCUT2D eigenvalue weighted by Gasteiger charge is -2.43. The van der Waals surface area contributed by atoms with Gasteiger partial charge in [0.25, 0.3) is 0 Å². The van der Waals surface area contributed by atoms with Gasteiger partial charge in [0.15, 0.2) is 5.54 Å². The largest absolute Gasteiger partial charge is 0.479 e. The molecule has 1 heterocycles. The molecule has 0 aromatic heterocycles. The van der Waals surface area contributed by atoms with Crippen molar-refractivity contribution in [3.8, 4) is 0 Å². The van der Waals surface area contributed by atoms with E-state index >= 15 is 0 Å². The van der Waals surface area contributed by atoms with Gasteiger partial charge in [-0.1, -0.05) is 26.2 Å². The lowest BCUT2D eigenvalue weighted by Crippen LogP contribution is -2.64. The van der Waals surface area contributed by atoms with Crippen molar-refractivity contribution in [1.82, 2.24) is 4.90 Å². The highest BCUT2D eigenvalue weighted by molar-refractivity contribution is 5.94. The number of nitrogens with two attached hydrogens (primary N) is 1. The Bertz CT molecular complexity index is 550. The molecule has 148 valence electrons. The third-order valence-electron chi connectivity index (χ3n) is 5.93. The number of aliphatic carboxylic acids is 1. The second kappa shape index (κ2) is 8.37. The number of carbonyl (C=O) groups is 3. The molecule has 0 aromatic carbocycles. The van der Waals surface area contributed by atoms with E-state index in [2.05, 4.69) is 0 Å². The van der Waals surface area contributed by atoms with Gasteiger partial charge in [-0.25, -0.2) is 4.79 Å². The van der Waals surface area contributed by atoms with Crippen molar-refractivity contribution in [3.05, 3.63) is 0 Å². The molecule has 1 aliphatic heterocycles. The van der Waals surface area contributed by atoms with Crippen molar-refractivity contribution in [2.75, 3.05) is 6.61 Å². The van der Waals surface area contributed by atoms with Crippen molar-refractivity contribution in [2.24, 2.45) is 17.6 Å². The standard InChI is InChI=1S/C19H32N2O5/c1-4-8-14(17(23)26-5-2)19(18(24)25)11-13-9-6-7-10-15(13)21(19)16(22)12(3)20/h12-15H,4-11,20H2,1-3H3,(H,24,25). The van der Waals surface area contributed by atoms with Crippen LogP contribution in [-0.4, -0.2) is 52.1 Å². The fourth-order valence-electron chi connectivity index (χ4n) is 4.87. The predicted octanol–water partition coefficient (Wildman–Crippen LogP) is 1.93. The van der Waals surface area contributed by atoms with Gasteiger partial charge in [-0.2, -0.15) is 0 Å². The number of nitrogens with zero attached hydrogens (tertiary/aromatic N) is 1. The average molecular weight is 368 g/mol. The summed E-state index contributed by atoms with van der Waals surface area (Å²) in [6.07, 6.45) is 4.92. The van der Waals surface area contributed by atoms with Crippen LogP contribution < -0.4 is 5.73 Å². The second-order valence-corrected chi connectivity index (χ2v) is 7.64. The molecule has 7 heteroatoms. The molecule has 1 amide bonds. The topological polar surface area (TPSA) is 110 Å². The maximum atomic E-state index is 13.0. The molecule has 2 aliphatic rings. The van der Waals surface area contributed by atoms with Gasteiger partial charge >= 0.3 is 11.9 Å². The summed E-state index contributed by atoms with van der Waals surface area (Å²) in [5.74, 6) is -2.81. The van der Waals surface area contributed by atoms with E-state index in [-0.39, 0.29) is 24.5 Å². The van der Waals surface area contributed by atoms with Crippen LogP contribution in [0.15, 0.2) is 0 Å². The summed E-state index contributed by atoms with van der Waals surface area (Å²) in [4.78, 5) is 39.8. The Morgan fingerprint density at radius 1 is 1.27 bits per heavy atom. The van der Waals surface area contributed by atoms with E-state index < -0.39 is 29.4 Å². The van der Waals surface area contributed by atoms with Crippen molar-refractivity contribution in [1.29, 1.82) is 0 Å². The van der Waals surface area contributed by atoms with E-state index in [4.69, 9.17) is 10.5 Å². The molecule has 2 rings (SSSR count). The van der Waals surface area contributed by atoms with Gasteiger partial charge in [0.05, 0.1) is 18.6 Å². The van der Waals surface area contributed by atoms with Gasteiger partial charge in [-0.3, -0.25) is 9.59 Å². The van der Waals surface area contributed by atoms with Crippen LogP contribution in [0.4, 0.5) is 0 Å². The zero-order chi connectivity index (χ0) is 19.5. The summed E-state index contributed by atoms with van der Waals surface area (Å²) in [6, 6.07) is -0.967. The molecule has 7 nitrogen and oxygen atoms in total. The van der Waals surface area contributed by atoms with Crippen LogP contribution in [0.2, 0.25) is 0 Å². The first-order valence-electron chi connectivity index (χ1n) is 9.79. The Morgan fingerprint density at radius 3 is 2.46 bits per heavy atom. The van der Waals surface area contributed by atoms with Crippen LogP contribution >= 0.6 is 0 Å². The van der Waals surface area contributed by atoms with E-state index in [1.54, 1.807) is 13.8 Å². The molecule has 0 bridgehead atoms. The normalized spacial score (nSPS) is 30.4. The summed E-state index contributed by atoms with van der Waals surface area (Å²) >= 11 is 0. The number of hydrogen-bond donors (Lipinski definition) is 2. The second-order valence-electron chi connectivity index (χ2n) is 7.64. The average Bonchev–Trinajstić information content (AvgIpc) is 2.94. The van der Waals surface area contributed by atoms with E-state index in [1.807, 2.05) is 6.92 Å². The monoisotopic (exact) mass is 368 g/mol. The molecule has 1 saturated heterocycles. The van der Waals surface area contributed by atoms with Gasteiger partial charge in [-0.15, -0.1) is 0 Å². The molecule has 0 radical (unpaired) electrons. The quantitative estimate of drug-likeness (QED) is 0.665. The minimum atomic E-state index is -1.56. The Morgan fingerprint density at radius 2 is 1.92 bits per heavy atom. The first-order chi connectivity index (χ1) is 12.3. The third kappa shape index (κ3) is 3.46. The number of amides is 1.